The first-order chi connectivity index (χ1) is 15.9. The molecule has 0 radical (unpaired) electrons. The summed E-state index contributed by atoms with van der Waals surface area (Å²) < 4.78 is 5.79. The Balaban J connectivity index is 1.81. The highest BCUT2D eigenvalue weighted by atomic mass is 32.1. The van der Waals surface area contributed by atoms with Gasteiger partial charge in [-0.15, -0.1) is 11.3 Å². The van der Waals surface area contributed by atoms with Gasteiger partial charge in [-0.05, 0) is 53.6 Å². The van der Waals surface area contributed by atoms with Crippen molar-refractivity contribution in [3.63, 3.8) is 0 Å². The fourth-order valence-electron chi connectivity index (χ4n) is 3.86. The molecule has 1 aromatic heterocycles. The molecular formula is C27H27NO4S. The zero-order valence-electron chi connectivity index (χ0n) is 18.9. The van der Waals surface area contributed by atoms with E-state index in [1.54, 1.807) is 18.2 Å². The number of carbonyl (C=O) groups excluding carboxylic acids is 2. The molecule has 1 N–H and O–H groups in total. The van der Waals surface area contributed by atoms with Crippen LogP contribution in [0.5, 0.6) is 5.75 Å². The Morgan fingerprint density at radius 2 is 1.85 bits per heavy atom. The summed E-state index contributed by atoms with van der Waals surface area (Å²) in [6.45, 7) is 6.71. The van der Waals surface area contributed by atoms with Crippen LogP contribution in [0.25, 0.3) is 5.76 Å². The number of amides is 1. The van der Waals surface area contributed by atoms with E-state index in [0.717, 1.165) is 16.9 Å². The molecule has 1 aliphatic heterocycles. The van der Waals surface area contributed by atoms with E-state index < -0.39 is 17.7 Å². The Labute approximate surface area is 197 Å². The Hall–Kier alpha value is -3.38. The van der Waals surface area contributed by atoms with E-state index in [-0.39, 0.29) is 11.3 Å². The van der Waals surface area contributed by atoms with E-state index in [9.17, 15) is 14.7 Å². The Bertz CT molecular complexity index is 1180. The molecule has 6 heteroatoms. The molecular weight excluding hydrogens is 434 g/mol. The molecule has 4 rings (SSSR count). The van der Waals surface area contributed by atoms with Gasteiger partial charge in [-0.2, -0.15) is 0 Å². The second-order valence-corrected chi connectivity index (χ2v) is 9.42. The molecule has 0 bridgehead atoms. The highest BCUT2D eigenvalue weighted by molar-refractivity contribution is 7.10. The van der Waals surface area contributed by atoms with Crippen LogP contribution in [0.15, 0.2) is 71.6 Å². The van der Waals surface area contributed by atoms with Gasteiger partial charge in [-0.25, -0.2) is 0 Å². The van der Waals surface area contributed by atoms with E-state index in [4.69, 9.17) is 4.74 Å². The molecule has 0 saturated carbocycles. The zero-order chi connectivity index (χ0) is 23.5. The maximum atomic E-state index is 13.2. The number of benzene rings is 2. The van der Waals surface area contributed by atoms with E-state index in [1.807, 2.05) is 47.8 Å². The summed E-state index contributed by atoms with van der Waals surface area (Å²) in [6.07, 6.45) is 0.878. The summed E-state index contributed by atoms with van der Waals surface area (Å²) in [5, 5.41) is 13.2. The Morgan fingerprint density at radius 3 is 2.48 bits per heavy atom. The average molecular weight is 462 g/mol. The van der Waals surface area contributed by atoms with Gasteiger partial charge < -0.3 is 9.84 Å². The summed E-state index contributed by atoms with van der Waals surface area (Å²) in [7, 11) is 0. The van der Waals surface area contributed by atoms with Crippen LogP contribution in [0.4, 0.5) is 5.69 Å². The molecule has 0 spiro atoms. The third-order valence-corrected chi connectivity index (χ3v) is 6.50. The van der Waals surface area contributed by atoms with Crippen molar-refractivity contribution in [2.45, 2.75) is 33.2 Å². The number of Topliss-reactive ketones (excluding diaryl/α,β-unsaturated/α-hetero) is 1. The summed E-state index contributed by atoms with van der Waals surface area (Å²) in [4.78, 5) is 28.7. The molecule has 1 amide bonds. The first kappa shape index (κ1) is 22.8. The lowest BCUT2D eigenvalue weighted by atomic mass is 9.99. The largest absolute Gasteiger partial charge is 0.507 e. The molecule has 2 heterocycles. The molecule has 3 aromatic rings. The number of nitrogens with zero attached hydrogens (tertiary/aromatic N) is 1. The van der Waals surface area contributed by atoms with Crippen LogP contribution < -0.4 is 9.64 Å². The van der Waals surface area contributed by atoms with Crippen molar-refractivity contribution >= 4 is 34.5 Å². The minimum absolute atomic E-state index is 0.0861. The predicted octanol–water partition coefficient (Wildman–Crippen LogP) is 5.97. The molecule has 5 nitrogen and oxygen atoms in total. The zero-order valence-corrected chi connectivity index (χ0v) is 19.8. The van der Waals surface area contributed by atoms with Crippen LogP contribution in [-0.2, 0) is 16.0 Å². The van der Waals surface area contributed by atoms with Gasteiger partial charge in [0.05, 0.1) is 12.2 Å². The van der Waals surface area contributed by atoms with Crippen molar-refractivity contribution in [3.05, 3.63) is 87.6 Å². The minimum atomic E-state index is -0.697. The number of hydrogen-bond acceptors (Lipinski definition) is 5. The molecule has 33 heavy (non-hydrogen) atoms. The van der Waals surface area contributed by atoms with E-state index >= 15 is 0 Å². The van der Waals surface area contributed by atoms with Crippen LogP contribution >= 0.6 is 11.3 Å². The number of aryl methyl sites for hydroxylation is 1. The fraction of sp³-hybridized carbons (Fsp3) is 0.259. The SMILES string of the molecule is CCc1ccc(N2C(=O)C(=O)/C(=C(\O)c3cccc(OCC(C)C)c3)C2c2cccs2)cc1. The molecule has 1 fully saturated rings. The van der Waals surface area contributed by atoms with Gasteiger partial charge >= 0.3 is 0 Å². The van der Waals surface area contributed by atoms with Gasteiger partial charge in [-0.1, -0.05) is 51.1 Å². The second-order valence-electron chi connectivity index (χ2n) is 8.44. The number of aliphatic hydroxyl groups is 1. The number of hydrogen-bond donors (Lipinski definition) is 1. The summed E-state index contributed by atoms with van der Waals surface area (Å²) in [5.74, 6) is -0.588. The molecule has 1 atom stereocenters. The third kappa shape index (κ3) is 4.57. The van der Waals surface area contributed by atoms with E-state index in [2.05, 4.69) is 20.8 Å². The third-order valence-electron chi connectivity index (χ3n) is 5.57. The van der Waals surface area contributed by atoms with Gasteiger partial charge in [0.15, 0.2) is 0 Å². The lowest BCUT2D eigenvalue weighted by Crippen LogP contribution is -2.29. The summed E-state index contributed by atoms with van der Waals surface area (Å²) >= 11 is 1.45. The van der Waals surface area contributed by atoms with E-state index in [1.165, 1.54) is 16.2 Å². The van der Waals surface area contributed by atoms with Gasteiger partial charge in [0.1, 0.15) is 17.6 Å². The average Bonchev–Trinajstić information content (AvgIpc) is 3.44. The fourth-order valence-corrected chi connectivity index (χ4v) is 4.68. The molecule has 170 valence electrons. The maximum Gasteiger partial charge on any atom is 0.300 e. The Morgan fingerprint density at radius 1 is 1.09 bits per heavy atom. The molecule has 1 saturated heterocycles. The van der Waals surface area contributed by atoms with Gasteiger partial charge in [0.25, 0.3) is 11.7 Å². The first-order valence-corrected chi connectivity index (χ1v) is 11.9. The first-order valence-electron chi connectivity index (χ1n) is 11.1. The molecule has 0 aliphatic carbocycles. The summed E-state index contributed by atoms with van der Waals surface area (Å²) in [5.41, 5.74) is 2.29. The van der Waals surface area contributed by atoms with Crippen LogP contribution in [-0.4, -0.2) is 23.4 Å². The van der Waals surface area contributed by atoms with E-state index in [0.29, 0.717) is 29.5 Å². The number of carbonyl (C=O) groups is 2. The minimum Gasteiger partial charge on any atom is -0.507 e. The quantitative estimate of drug-likeness (QED) is 0.267. The van der Waals surface area contributed by atoms with Gasteiger partial charge in [-0.3, -0.25) is 14.5 Å². The van der Waals surface area contributed by atoms with Gasteiger partial charge in [0.2, 0.25) is 0 Å². The van der Waals surface area contributed by atoms with Crippen LogP contribution in [0.2, 0.25) is 0 Å². The normalized spacial score (nSPS) is 17.7. The summed E-state index contributed by atoms with van der Waals surface area (Å²) in [6, 6.07) is 17.7. The number of rotatable bonds is 7. The van der Waals surface area contributed by atoms with Crippen molar-refractivity contribution < 1.29 is 19.4 Å². The highest BCUT2D eigenvalue weighted by Crippen LogP contribution is 2.43. The van der Waals surface area contributed by atoms with Crippen molar-refractivity contribution in [1.29, 1.82) is 0 Å². The Kier molecular flexibility index (Phi) is 6.65. The number of aliphatic hydroxyl groups excluding tert-OH is 1. The number of ether oxygens (including phenoxy) is 1. The molecule has 2 aromatic carbocycles. The topological polar surface area (TPSA) is 66.8 Å². The lowest BCUT2D eigenvalue weighted by Gasteiger charge is -2.24. The standard InChI is InChI=1S/C27H27NO4S/c1-4-18-10-12-20(13-11-18)28-24(22-9-6-14-33-22)23(26(30)27(28)31)25(29)19-7-5-8-21(15-19)32-16-17(2)3/h5-15,17,24,29H,4,16H2,1-3H3/b25-23-. The maximum absolute atomic E-state index is 13.2. The van der Waals surface area contributed by atoms with Crippen molar-refractivity contribution in [2.75, 3.05) is 11.5 Å². The second kappa shape index (κ2) is 9.63. The van der Waals surface area contributed by atoms with Crippen LogP contribution in [0.1, 0.15) is 42.8 Å². The molecule has 1 unspecified atom stereocenters. The van der Waals surface area contributed by atoms with Crippen LogP contribution in [0.3, 0.4) is 0 Å². The predicted molar refractivity (Wildman–Crippen MR) is 132 cm³/mol. The number of thiophene rings is 1. The lowest BCUT2D eigenvalue weighted by molar-refractivity contribution is -0.132. The van der Waals surface area contributed by atoms with Crippen molar-refractivity contribution in [2.24, 2.45) is 5.92 Å². The highest BCUT2D eigenvalue weighted by Gasteiger charge is 2.47. The van der Waals surface area contributed by atoms with Gasteiger partial charge in [0, 0.05) is 16.1 Å². The van der Waals surface area contributed by atoms with Crippen LogP contribution in [0, 0.1) is 5.92 Å². The molecule has 1 aliphatic rings. The smallest absolute Gasteiger partial charge is 0.300 e. The monoisotopic (exact) mass is 461 g/mol. The van der Waals surface area contributed by atoms with Crippen molar-refractivity contribution in [3.8, 4) is 5.75 Å². The van der Waals surface area contributed by atoms with Crippen molar-refractivity contribution in [1.82, 2.24) is 0 Å². The number of anilines is 1. The number of ketones is 1.